The van der Waals surface area contributed by atoms with E-state index < -0.39 is 10.8 Å². The maximum Gasteiger partial charge on any atom is 0.292 e. The first-order valence-corrected chi connectivity index (χ1v) is 8.90. The highest BCUT2D eigenvalue weighted by molar-refractivity contribution is 7.21. The minimum absolute atomic E-state index is 0.123. The van der Waals surface area contributed by atoms with Crippen molar-refractivity contribution in [3.63, 3.8) is 0 Å². The minimum atomic E-state index is -0.541. The van der Waals surface area contributed by atoms with E-state index in [1.165, 1.54) is 23.5 Å². The number of nitrogens with one attached hydrogen (secondary N) is 1. The van der Waals surface area contributed by atoms with Crippen molar-refractivity contribution >= 4 is 55.4 Å². The summed E-state index contributed by atoms with van der Waals surface area (Å²) in [7, 11) is 0. The van der Waals surface area contributed by atoms with Crippen LogP contribution in [0, 0.1) is 17.0 Å². The third-order valence-corrected chi connectivity index (χ3v) is 5.34. The van der Waals surface area contributed by atoms with Gasteiger partial charge in [0.15, 0.2) is 0 Å². The SMILES string of the molecule is Cc1ccc2cc3c(N)c(C(=O)Nc4ccccc4[N+](=O)[O-])sc3nc2c1. The first-order valence-electron chi connectivity index (χ1n) is 8.08. The van der Waals surface area contributed by atoms with Crippen molar-refractivity contribution in [3.05, 3.63) is 69.1 Å². The zero-order valence-electron chi connectivity index (χ0n) is 14.2. The number of carbonyl (C=O) groups is 1. The summed E-state index contributed by atoms with van der Waals surface area (Å²) < 4.78 is 0. The smallest absolute Gasteiger partial charge is 0.292 e. The van der Waals surface area contributed by atoms with Gasteiger partial charge in [-0.25, -0.2) is 4.98 Å². The van der Waals surface area contributed by atoms with Gasteiger partial charge in [-0.05, 0) is 30.7 Å². The second kappa shape index (κ2) is 6.33. The molecular weight excluding hydrogens is 364 g/mol. The van der Waals surface area contributed by atoms with Crippen molar-refractivity contribution in [2.45, 2.75) is 6.92 Å². The van der Waals surface area contributed by atoms with E-state index in [4.69, 9.17) is 5.73 Å². The Morgan fingerprint density at radius 3 is 2.78 bits per heavy atom. The first kappa shape index (κ1) is 16.9. The number of aryl methyl sites for hydroxylation is 1. The maximum atomic E-state index is 12.7. The number of nitrogens with two attached hydrogens (primary N) is 1. The lowest BCUT2D eigenvalue weighted by Gasteiger charge is -2.05. The molecule has 1 amide bonds. The number of nitro benzene ring substituents is 1. The third kappa shape index (κ3) is 2.96. The molecule has 2 aromatic heterocycles. The highest BCUT2D eigenvalue weighted by Crippen LogP contribution is 2.35. The topological polar surface area (TPSA) is 111 Å². The molecule has 0 saturated heterocycles. The quantitative estimate of drug-likeness (QED) is 0.403. The Morgan fingerprint density at radius 1 is 1.22 bits per heavy atom. The van der Waals surface area contributed by atoms with Gasteiger partial charge in [-0.1, -0.05) is 24.3 Å². The molecule has 0 aliphatic carbocycles. The zero-order valence-corrected chi connectivity index (χ0v) is 15.0. The molecule has 134 valence electrons. The van der Waals surface area contributed by atoms with Gasteiger partial charge < -0.3 is 11.1 Å². The molecule has 0 aliphatic rings. The van der Waals surface area contributed by atoms with Crippen molar-refractivity contribution in [3.8, 4) is 0 Å². The number of benzene rings is 2. The second-order valence-electron chi connectivity index (χ2n) is 6.11. The number of anilines is 2. The van der Waals surface area contributed by atoms with E-state index in [0.29, 0.717) is 15.9 Å². The fourth-order valence-electron chi connectivity index (χ4n) is 2.89. The molecule has 2 heterocycles. The number of rotatable bonds is 3. The van der Waals surface area contributed by atoms with E-state index in [2.05, 4.69) is 10.3 Å². The van der Waals surface area contributed by atoms with Crippen molar-refractivity contribution in [1.82, 2.24) is 4.98 Å². The summed E-state index contributed by atoms with van der Waals surface area (Å²) in [5.41, 5.74) is 8.37. The van der Waals surface area contributed by atoms with E-state index in [1.54, 1.807) is 12.1 Å². The number of hydrogen-bond acceptors (Lipinski definition) is 6. The third-order valence-electron chi connectivity index (χ3n) is 4.23. The molecule has 7 nitrogen and oxygen atoms in total. The fourth-order valence-corrected chi connectivity index (χ4v) is 3.87. The summed E-state index contributed by atoms with van der Waals surface area (Å²) in [5.74, 6) is -0.495. The lowest BCUT2D eigenvalue weighted by atomic mass is 10.1. The highest BCUT2D eigenvalue weighted by atomic mass is 32.1. The normalized spacial score (nSPS) is 11.0. The largest absolute Gasteiger partial charge is 0.397 e. The van der Waals surface area contributed by atoms with Gasteiger partial charge in [0.25, 0.3) is 11.6 Å². The molecule has 0 radical (unpaired) electrons. The summed E-state index contributed by atoms with van der Waals surface area (Å²) >= 11 is 1.17. The van der Waals surface area contributed by atoms with Gasteiger partial charge in [-0.2, -0.15) is 0 Å². The van der Waals surface area contributed by atoms with Crippen LogP contribution in [0.25, 0.3) is 21.1 Å². The van der Waals surface area contributed by atoms with Gasteiger partial charge in [-0.3, -0.25) is 14.9 Å². The summed E-state index contributed by atoms with van der Waals surface area (Å²) in [6, 6.07) is 13.8. The number of para-hydroxylation sites is 2. The molecule has 0 spiro atoms. The summed E-state index contributed by atoms with van der Waals surface area (Å²) in [6.45, 7) is 1.99. The van der Waals surface area contributed by atoms with Crippen LogP contribution in [0.4, 0.5) is 17.1 Å². The summed E-state index contributed by atoms with van der Waals surface area (Å²) in [6.07, 6.45) is 0. The van der Waals surface area contributed by atoms with Gasteiger partial charge in [-0.15, -0.1) is 11.3 Å². The molecule has 0 unspecified atom stereocenters. The lowest BCUT2D eigenvalue weighted by molar-refractivity contribution is -0.383. The van der Waals surface area contributed by atoms with Crippen LogP contribution in [0.15, 0.2) is 48.5 Å². The Kier molecular flexibility index (Phi) is 3.97. The van der Waals surface area contributed by atoms with E-state index >= 15 is 0 Å². The van der Waals surface area contributed by atoms with Gasteiger partial charge in [0.1, 0.15) is 15.4 Å². The number of hydrogen-bond donors (Lipinski definition) is 2. The molecule has 3 N–H and O–H groups in total. The van der Waals surface area contributed by atoms with Crippen molar-refractivity contribution in [2.75, 3.05) is 11.1 Å². The van der Waals surface area contributed by atoms with Crippen LogP contribution in [-0.4, -0.2) is 15.8 Å². The predicted octanol–water partition coefficient (Wildman–Crippen LogP) is 4.50. The number of aromatic nitrogens is 1. The van der Waals surface area contributed by atoms with Gasteiger partial charge in [0, 0.05) is 16.8 Å². The van der Waals surface area contributed by atoms with Gasteiger partial charge >= 0.3 is 0 Å². The Hall–Kier alpha value is -3.52. The molecule has 0 aliphatic heterocycles. The van der Waals surface area contributed by atoms with E-state index in [9.17, 15) is 14.9 Å². The first-order chi connectivity index (χ1) is 12.9. The number of fused-ring (bicyclic) bond motifs is 2. The molecule has 27 heavy (non-hydrogen) atoms. The number of nitro groups is 1. The minimum Gasteiger partial charge on any atom is -0.397 e. The van der Waals surface area contributed by atoms with E-state index in [0.717, 1.165) is 16.5 Å². The second-order valence-corrected chi connectivity index (χ2v) is 7.11. The van der Waals surface area contributed by atoms with Crippen molar-refractivity contribution in [1.29, 1.82) is 0 Å². The van der Waals surface area contributed by atoms with Crippen LogP contribution in [0.5, 0.6) is 0 Å². The zero-order chi connectivity index (χ0) is 19.1. The molecule has 8 heteroatoms. The summed E-state index contributed by atoms with van der Waals surface area (Å²) in [5, 5.41) is 15.3. The number of pyridine rings is 1. The van der Waals surface area contributed by atoms with Crippen LogP contribution < -0.4 is 11.1 Å². The van der Waals surface area contributed by atoms with E-state index in [-0.39, 0.29) is 16.3 Å². The predicted molar refractivity (Wildman–Crippen MR) is 107 cm³/mol. The fraction of sp³-hybridized carbons (Fsp3) is 0.0526. The average molecular weight is 378 g/mol. The lowest BCUT2D eigenvalue weighted by Crippen LogP contribution is -2.13. The molecular formula is C19H14N4O3S. The Morgan fingerprint density at radius 2 is 2.00 bits per heavy atom. The number of nitrogen functional groups attached to an aromatic ring is 1. The molecule has 0 atom stereocenters. The van der Waals surface area contributed by atoms with Crippen LogP contribution in [0.1, 0.15) is 15.2 Å². The molecule has 4 aromatic rings. The molecule has 4 rings (SSSR count). The molecule has 0 bridgehead atoms. The average Bonchev–Trinajstić information content (AvgIpc) is 2.96. The van der Waals surface area contributed by atoms with E-state index in [1.807, 2.05) is 31.2 Å². The monoisotopic (exact) mass is 378 g/mol. The Labute approximate surface area is 157 Å². The van der Waals surface area contributed by atoms with Crippen molar-refractivity contribution < 1.29 is 9.72 Å². The van der Waals surface area contributed by atoms with Gasteiger partial charge in [0.05, 0.1) is 16.1 Å². The van der Waals surface area contributed by atoms with Crippen LogP contribution >= 0.6 is 11.3 Å². The van der Waals surface area contributed by atoms with Crippen LogP contribution in [-0.2, 0) is 0 Å². The molecule has 0 fully saturated rings. The Bertz CT molecular complexity index is 1230. The number of thiophene rings is 1. The number of nitrogens with zero attached hydrogens (tertiary/aromatic N) is 2. The van der Waals surface area contributed by atoms with Crippen molar-refractivity contribution in [2.24, 2.45) is 0 Å². The maximum absolute atomic E-state index is 12.7. The summed E-state index contributed by atoms with van der Waals surface area (Å²) in [4.78, 5) is 28.8. The van der Waals surface area contributed by atoms with Crippen LogP contribution in [0.3, 0.4) is 0 Å². The van der Waals surface area contributed by atoms with Gasteiger partial charge in [0.2, 0.25) is 0 Å². The number of amides is 1. The highest BCUT2D eigenvalue weighted by Gasteiger charge is 2.21. The standard InChI is InChI=1S/C19H14N4O3S/c1-10-6-7-11-9-12-16(20)17(27-19(12)22-14(11)8-10)18(24)21-13-4-2-3-5-15(13)23(25)26/h2-9H,20H2,1H3,(H,21,24). The number of carbonyl (C=O) groups excluding carboxylic acids is 1. The molecule has 0 saturated carbocycles. The van der Waals surface area contributed by atoms with Crippen LogP contribution in [0.2, 0.25) is 0 Å². The molecule has 2 aromatic carbocycles. The Balaban J connectivity index is 1.77.